The molecule has 9 heteroatoms. The zero-order valence-corrected chi connectivity index (χ0v) is 17.8. The minimum Gasteiger partial charge on any atom is -0.461 e. The van der Waals surface area contributed by atoms with Gasteiger partial charge < -0.3 is 8.94 Å². The van der Waals surface area contributed by atoms with Crippen LogP contribution >= 0.6 is 11.3 Å². The van der Waals surface area contributed by atoms with Crippen LogP contribution in [0.1, 0.15) is 17.9 Å². The van der Waals surface area contributed by atoms with Crippen molar-refractivity contribution < 1.29 is 18.1 Å². The van der Waals surface area contributed by atoms with Crippen LogP contribution < -0.4 is 4.90 Å². The number of para-hydroxylation sites is 1. The van der Waals surface area contributed by atoms with Crippen LogP contribution in [-0.4, -0.2) is 21.0 Å². The molecule has 0 unspecified atom stereocenters. The van der Waals surface area contributed by atoms with E-state index in [2.05, 4.69) is 15.1 Å². The van der Waals surface area contributed by atoms with Gasteiger partial charge in [0.05, 0.1) is 22.2 Å². The molecule has 0 N–H and O–H groups in total. The van der Waals surface area contributed by atoms with Gasteiger partial charge >= 0.3 is 0 Å². The van der Waals surface area contributed by atoms with Crippen LogP contribution in [0.5, 0.6) is 0 Å². The Balaban J connectivity index is 1.43. The summed E-state index contributed by atoms with van der Waals surface area (Å²) in [6, 6.07) is 15.8. The van der Waals surface area contributed by atoms with Gasteiger partial charge in [0.1, 0.15) is 5.82 Å². The summed E-state index contributed by atoms with van der Waals surface area (Å²) in [5.74, 6) is 0.467. The number of amides is 1. The number of thiazole rings is 1. The number of aromatic nitrogens is 3. The molecule has 0 atom stereocenters. The fourth-order valence-corrected chi connectivity index (χ4v) is 4.23. The van der Waals surface area contributed by atoms with E-state index < -0.39 is 0 Å². The Morgan fingerprint density at radius 1 is 1.12 bits per heavy atom. The zero-order chi connectivity index (χ0) is 22.1. The molecule has 2 aromatic carbocycles. The second kappa shape index (κ2) is 8.35. The highest BCUT2D eigenvalue weighted by molar-refractivity contribution is 7.22. The summed E-state index contributed by atoms with van der Waals surface area (Å²) in [5.41, 5.74) is 1.69. The zero-order valence-electron chi connectivity index (χ0n) is 17.0. The Labute approximate surface area is 186 Å². The van der Waals surface area contributed by atoms with Gasteiger partial charge in [0.15, 0.2) is 10.9 Å². The van der Waals surface area contributed by atoms with Crippen LogP contribution in [0.2, 0.25) is 0 Å². The number of carbonyl (C=O) groups is 1. The van der Waals surface area contributed by atoms with Crippen LogP contribution in [-0.2, 0) is 11.2 Å². The lowest BCUT2D eigenvalue weighted by molar-refractivity contribution is -0.117. The molecular weight excluding hydrogens is 431 g/mol. The smallest absolute Gasteiger partial charge is 0.238 e. The van der Waals surface area contributed by atoms with Crippen LogP contribution in [0, 0.1) is 12.7 Å². The number of rotatable bonds is 6. The summed E-state index contributed by atoms with van der Waals surface area (Å²) in [4.78, 5) is 23.6. The maximum atomic E-state index is 14.3. The van der Waals surface area contributed by atoms with Crippen molar-refractivity contribution in [3.63, 3.8) is 0 Å². The van der Waals surface area contributed by atoms with Crippen LogP contribution in [0.25, 0.3) is 21.8 Å². The third kappa shape index (κ3) is 3.90. The highest BCUT2D eigenvalue weighted by Gasteiger charge is 2.23. The predicted octanol–water partition coefficient (Wildman–Crippen LogP) is 5.68. The van der Waals surface area contributed by atoms with E-state index in [0.717, 1.165) is 10.2 Å². The second-order valence-electron chi connectivity index (χ2n) is 7.12. The van der Waals surface area contributed by atoms with Crippen LogP contribution in [0.4, 0.5) is 15.2 Å². The highest BCUT2D eigenvalue weighted by Crippen LogP contribution is 2.34. The third-order valence-corrected chi connectivity index (χ3v) is 5.92. The van der Waals surface area contributed by atoms with Crippen molar-refractivity contribution in [2.24, 2.45) is 0 Å². The molecule has 0 aliphatic heterocycles. The van der Waals surface area contributed by atoms with Crippen molar-refractivity contribution in [3.05, 3.63) is 78.1 Å². The molecule has 0 spiro atoms. The summed E-state index contributed by atoms with van der Waals surface area (Å²) >= 11 is 1.37. The Hall–Kier alpha value is -3.85. The van der Waals surface area contributed by atoms with Crippen molar-refractivity contribution in [1.82, 2.24) is 15.1 Å². The molecule has 7 nitrogen and oxygen atoms in total. The SMILES string of the molecule is Cc1ccc(N(C(=O)CCc2nc(-c3ccco3)no2)c2nc3ccccc3s2)cc1F. The number of anilines is 2. The molecule has 32 heavy (non-hydrogen) atoms. The van der Waals surface area contributed by atoms with Crippen molar-refractivity contribution in [1.29, 1.82) is 0 Å². The van der Waals surface area contributed by atoms with E-state index in [9.17, 15) is 9.18 Å². The average molecular weight is 448 g/mol. The van der Waals surface area contributed by atoms with Gasteiger partial charge in [0.2, 0.25) is 17.6 Å². The molecule has 0 bridgehead atoms. The quantitative estimate of drug-likeness (QED) is 0.332. The molecule has 0 radical (unpaired) electrons. The number of fused-ring (bicyclic) bond motifs is 1. The molecule has 0 aliphatic carbocycles. The number of hydrogen-bond donors (Lipinski definition) is 0. The van der Waals surface area contributed by atoms with E-state index in [1.807, 2.05) is 24.3 Å². The summed E-state index contributed by atoms with van der Waals surface area (Å²) < 4.78 is 25.8. The summed E-state index contributed by atoms with van der Waals surface area (Å²) in [5, 5.41) is 4.36. The Kier molecular flexibility index (Phi) is 5.24. The first-order valence-corrected chi connectivity index (χ1v) is 10.7. The molecule has 3 aromatic heterocycles. The van der Waals surface area contributed by atoms with Gasteiger partial charge in [-0.05, 0) is 48.9 Å². The molecule has 5 aromatic rings. The van der Waals surface area contributed by atoms with Gasteiger partial charge in [-0.1, -0.05) is 34.7 Å². The standard InChI is InChI=1S/C23H17FN4O3S/c1-14-8-9-15(13-16(14)24)28(23-25-17-5-2-3-7-19(17)32-23)21(29)11-10-20-26-22(27-31-20)18-6-4-12-30-18/h2-9,12-13H,10-11H2,1H3. The lowest BCUT2D eigenvalue weighted by Crippen LogP contribution is -2.26. The molecular formula is C23H17FN4O3S. The van der Waals surface area contributed by atoms with Crippen molar-refractivity contribution >= 4 is 38.3 Å². The number of carbonyl (C=O) groups excluding carboxylic acids is 1. The lowest BCUT2D eigenvalue weighted by atomic mass is 10.2. The first kappa shape index (κ1) is 20.1. The second-order valence-corrected chi connectivity index (χ2v) is 8.12. The lowest BCUT2D eigenvalue weighted by Gasteiger charge is -2.20. The van der Waals surface area contributed by atoms with Gasteiger partial charge in [-0.2, -0.15) is 4.98 Å². The maximum absolute atomic E-state index is 14.3. The van der Waals surface area contributed by atoms with E-state index in [-0.39, 0.29) is 24.6 Å². The fourth-order valence-electron chi connectivity index (χ4n) is 3.23. The minimum absolute atomic E-state index is 0.0746. The number of benzene rings is 2. The monoisotopic (exact) mass is 448 g/mol. The van der Waals surface area contributed by atoms with Crippen LogP contribution in [0.15, 0.2) is 69.8 Å². The van der Waals surface area contributed by atoms with Crippen molar-refractivity contribution in [2.75, 3.05) is 4.90 Å². The van der Waals surface area contributed by atoms with Gasteiger partial charge in [0, 0.05) is 12.8 Å². The molecule has 0 aliphatic rings. The molecule has 5 rings (SSSR count). The van der Waals surface area contributed by atoms with Crippen molar-refractivity contribution in [3.8, 4) is 11.6 Å². The summed E-state index contributed by atoms with van der Waals surface area (Å²) in [6.07, 6.45) is 1.82. The third-order valence-electron chi connectivity index (χ3n) is 4.90. The first-order valence-electron chi connectivity index (χ1n) is 9.89. The van der Waals surface area contributed by atoms with E-state index in [1.54, 1.807) is 31.2 Å². The number of nitrogens with zero attached hydrogens (tertiary/aromatic N) is 4. The van der Waals surface area contributed by atoms with Gasteiger partial charge in [-0.25, -0.2) is 9.37 Å². The number of furan rings is 1. The topological polar surface area (TPSA) is 85.3 Å². The Bertz CT molecular complexity index is 1360. The Morgan fingerprint density at radius 2 is 2.00 bits per heavy atom. The molecule has 0 saturated carbocycles. The van der Waals surface area contributed by atoms with E-state index in [0.29, 0.717) is 33.9 Å². The molecule has 0 saturated heterocycles. The van der Waals surface area contributed by atoms with E-state index in [4.69, 9.17) is 8.94 Å². The first-order chi connectivity index (χ1) is 15.6. The molecule has 0 fully saturated rings. The van der Waals surface area contributed by atoms with Crippen molar-refractivity contribution in [2.45, 2.75) is 19.8 Å². The number of halogens is 1. The van der Waals surface area contributed by atoms with E-state index >= 15 is 0 Å². The van der Waals surface area contributed by atoms with E-state index in [1.165, 1.54) is 28.6 Å². The molecule has 3 heterocycles. The van der Waals surface area contributed by atoms with Gasteiger partial charge in [-0.3, -0.25) is 9.69 Å². The molecule has 160 valence electrons. The molecule has 1 amide bonds. The van der Waals surface area contributed by atoms with Gasteiger partial charge in [-0.15, -0.1) is 0 Å². The highest BCUT2D eigenvalue weighted by atomic mass is 32.1. The summed E-state index contributed by atoms with van der Waals surface area (Å²) in [6.45, 7) is 1.68. The predicted molar refractivity (Wildman–Crippen MR) is 118 cm³/mol. The average Bonchev–Trinajstić information content (AvgIpc) is 3.55. The minimum atomic E-state index is -0.388. The van der Waals surface area contributed by atoms with Gasteiger partial charge in [0.25, 0.3) is 0 Å². The number of hydrogen-bond acceptors (Lipinski definition) is 7. The summed E-state index contributed by atoms with van der Waals surface area (Å²) in [7, 11) is 0. The van der Waals surface area contributed by atoms with Crippen LogP contribution in [0.3, 0.4) is 0 Å². The normalized spacial score (nSPS) is 11.2. The largest absolute Gasteiger partial charge is 0.461 e. The fraction of sp³-hybridized carbons (Fsp3) is 0.130. The maximum Gasteiger partial charge on any atom is 0.238 e. The Morgan fingerprint density at radius 3 is 2.78 bits per heavy atom. The number of aryl methyl sites for hydroxylation is 2.